The van der Waals surface area contributed by atoms with Crippen molar-refractivity contribution in [1.29, 1.82) is 0 Å². The molecular weight excluding hydrogens is 362 g/mol. The molecule has 0 atom stereocenters. The van der Waals surface area contributed by atoms with Crippen molar-refractivity contribution >= 4 is 23.4 Å². The van der Waals surface area contributed by atoms with E-state index in [0.29, 0.717) is 17.1 Å². The molecule has 2 aromatic rings. The Hall–Kier alpha value is -2.37. The van der Waals surface area contributed by atoms with Crippen LogP contribution in [0.3, 0.4) is 0 Å². The minimum Gasteiger partial charge on any atom is -0.350 e. The third-order valence-electron chi connectivity index (χ3n) is 4.81. The Morgan fingerprint density at radius 3 is 2.30 bits per heavy atom. The number of nitrogens with one attached hydrogen (secondary N) is 3. The number of hydrogen-bond donors (Lipinski definition) is 3. The van der Waals surface area contributed by atoms with Crippen molar-refractivity contribution < 1.29 is 14.5 Å². The molecule has 0 aromatic heterocycles. The van der Waals surface area contributed by atoms with Crippen molar-refractivity contribution in [2.24, 2.45) is 0 Å². The van der Waals surface area contributed by atoms with Gasteiger partial charge < -0.3 is 15.5 Å². The highest BCUT2D eigenvalue weighted by Crippen LogP contribution is 2.14. The van der Waals surface area contributed by atoms with Crippen LogP contribution >= 0.6 is 11.6 Å². The number of amides is 2. The summed E-state index contributed by atoms with van der Waals surface area (Å²) in [6.07, 6.45) is 2.65. The molecule has 2 aromatic carbocycles. The first kappa shape index (κ1) is 19.4. The van der Waals surface area contributed by atoms with E-state index in [1.54, 1.807) is 29.2 Å². The summed E-state index contributed by atoms with van der Waals surface area (Å²) < 4.78 is 0. The van der Waals surface area contributed by atoms with Crippen LogP contribution in [0.2, 0.25) is 5.02 Å². The van der Waals surface area contributed by atoms with Crippen LogP contribution in [-0.2, 0) is 17.9 Å². The quantitative estimate of drug-likeness (QED) is 0.676. The van der Waals surface area contributed by atoms with E-state index < -0.39 is 0 Å². The first-order valence-electron chi connectivity index (χ1n) is 9.32. The van der Waals surface area contributed by atoms with Crippen LogP contribution in [0.1, 0.15) is 34.3 Å². The van der Waals surface area contributed by atoms with Gasteiger partial charge in [0.05, 0.1) is 30.2 Å². The van der Waals surface area contributed by atoms with E-state index in [1.807, 2.05) is 12.1 Å². The van der Waals surface area contributed by atoms with Crippen molar-refractivity contribution in [3.05, 3.63) is 70.2 Å². The summed E-state index contributed by atoms with van der Waals surface area (Å²) in [5.41, 5.74) is 2.73. The van der Waals surface area contributed by atoms with E-state index in [2.05, 4.69) is 22.8 Å². The molecule has 0 spiro atoms. The van der Waals surface area contributed by atoms with Crippen LogP contribution in [0.4, 0.5) is 0 Å². The van der Waals surface area contributed by atoms with Gasteiger partial charge in [0.1, 0.15) is 6.54 Å². The second-order valence-corrected chi connectivity index (χ2v) is 7.30. The summed E-state index contributed by atoms with van der Waals surface area (Å²) in [6.45, 7) is 3.95. The second-order valence-electron chi connectivity index (χ2n) is 6.89. The Balaban J connectivity index is 1.41. The van der Waals surface area contributed by atoms with Gasteiger partial charge in [-0.3, -0.25) is 9.59 Å². The molecule has 6 heteroatoms. The minimum atomic E-state index is -0.357. The topological polar surface area (TPSA) is 62.6 Å². The Kier molecular flexibility index (Phi) is 6.85. The summed E-state index contributed by atoms with van der Waals surface area (Å²) >= 11 is 5.98. The lowest BCUT2D eigenvalue weighted by atomic mass is 10.1. The van der Waals surface area contributed by atoms with Crippen LogP contribution in [0.5, 0.6) is 0 Å². The van der Waals surface area contributed by atoms with Crippen molar-refractivity contribution in [3.63, 3.8) is 0 Å². The third-order valence-corrected chi connectivity index (χ3v) is 5.14. The fourth-order valence-corrected chi connectivity index (χ4v) is 3.50. The van der Waals surface area contributed by atoms with Gasteiger partial charge in [-0.15, -0.1) is 0 Å². The fourth-order valence-electron chi connectivity index (χ4n) is 3.28. The normalized spacial score (nSPS) is 14.1. The molecule has 1 aliphatic rings. The zero-order chi connectivity index (χ0) is 19.1. The number of halogens is 1. The molecule has 5 nitrogen and oxygen atoms in total. The van der Waals surface area contributed by atoms with Crippen LogP contribution < -0.4 is 15.5 Å². The largest absolute Gasteiger partial charge is 0.350 e. The molecule has 27 heavy (non-hydrogen) atoms. The maximum atomic E-state index is 12.0. The lowest BCUT2D eigenvalue weighted by Crippen LogP contribution is -3.08. The predicted molar refractivity (Wildman–Crippen MR) is 106 cm³/mol. The molecule has 0 radical (unpaired) electrons. The SMILES string of the molecule is O=C(CNC(=O)c1ccccc1Cl)NCc1ccc(C[NH+]2CCCC2)cc1. The number of likely N-dealkylation sites (tertiary alicyclic amines) is 1. The highest BCUT2D eigenvalue weighted by atomic mass is 35.5. The van der Waals surface area contributed by atoms with Crippen LogP contribution in [0.25, 0.3) is 0 Å². The van der Waals surface area contributed by atoms with Crippen LogP contribution in [-0.4, -0.2) is 31.4 Å². The maximum absolute atomic E-state index is 12.0. The van der Waals surface area contributed by atoms with Crippen molar-refractivity contribution in [3.8, 4) is 0 Å². The van der Waals surface area contributed by atoms with E-state index >= 15 is 0 Å². The molecule has 1 fully saturated rings. The Bertz CT molecular complexity index is 786. The lowest BCUT2D eigenvalue weighted by Gasteiger charge is -2.12. The molecule has 0 aliphatic carbocycles. The van der Waals surface area contributed by atoms with Gasteiger partial charge in [0, 0.05) is 24.9 Å². The zero-order valence-electron chi connectivity index (χ0n) is 15.3. The Morgan fingerprint density at radius 1 is 0.926 bits per heavy atom. The number of carbonyl (C=O) groups is 2. The summed E-state index contributed by atoms with van der Waals surface area (Å²) in [5.74, 6) is -0.592. The molecule has 1 saturated heterocycles. The van der Waals surface area contributed by atoms with E-state index in [4.69, 9.17) is 11.6 Å². The van der Waals surface area contributed by atoms with Crippen LogP contribution in [0, 0.1) is 0 Å². The molecule has 0 unspecified atom stereocenters. The van der Waals surface area contributed by atoms with Gasteiger partial charge in [0.15, 0.2) is 0 Å². The van der Waals surface area contributed by atoms with Gasteiger partial charge in [-0.25, -0.2) is 0 Å². The average molecular weight is 387 g/mol. The Morgan fingerprint density at radius 2 is 1.59 bits per heavy atom. The van der Waals surface area contributed by atoms with E-state index in [9.17, 15) is 9.59 Å². The zero-order valence-corrected chi connectivity index (χ0v) is 16.0. The van der Waals surface area contributed by atoms with Gasteiger partial charge in [-0.05, 0) is 17.7 Å². The number of quaternary nitrogens is 1. The predicted octanol–water partition coefficient (Wildman–Crippen LogP) is 1.56. The van der Waals surface area contributed by atoms with Gasteiger partial charge in [-0.1, -0.05) is 48.0 Å². The van der Waals surface area contributed by atoms with E-state index in [-0.39, 0.29) is 18.4 Å². The lowest BCUT2D eigenvalue weighted by molar-refractivity contribution is -0.901. The molecular formula is C21H25ClN3O2+. The van der Waals surface area contributed by atoms with Crippen molar-refractivity contribution in [1.82, 2.24) is 10.6 Å². The van der Waals surface area contributed by atoms with E-state index in [0.717, 1.165) is 12.1 Å². The highest BCUT2D eigenvalue weighted by Gasteiger charge is 2.15. The van der Waals surface area contributed by atoms with E-state index in [1.165, 1.54) is 31.5 Å². The van der Waals surface area contributed by atoms with Gasteiger partial charge in [-0.2, -0.15) is 0 Å². The molecule has 3 N–H and O–H groups in total. The second kappa shape index (κ2) is 9.53. The van der Waals surface area contributed by atoms with Crippen molar-refractivity contribution in [2.45, 2.75) is 25.9 Å². The number of benzene rings is 2. The van der Waals surface area contributed by atoms with Gasteiger partial charge >= 0.3 is 0 Å². The summed E-state index contributed by atoms with van der Waals surface area (Å²) in [7, 11) is 0. The first-order valence-corrected chi connectivity index (χ1v) is 9.70. The standard InChI is InChI=1S/C21H24ClN3O2/c22-19-6-2-1-5-18(19)21(27)24-14-20(26)23-13-16-7-9-17(10-8-16)15-25-11-3-4-12-25/h1-2,5-10H,3-4,11-15H2,(H,23,26)(H,24,27)/p+1. The Labute approximate surface area is 164 Å². The number of rotatable bonds is 7. The number of hydrogen-bond acceptors (Lipinski definition) is 2. The molecule has 2 amide bonds. The number of carbonyl (C=O) groups excluding carboxylic acids is 2. The van der Waals surface area contributed by atoms with Gasteiger partial charge in [0.25, 0.3) is 5.91 Å². The monoisotopic (exact) mass is 386 g/mol. The van der Waals surface area contributed by atoms with Gasteiger partial charge in [0.2, 0.25) is 5.91 Å². The summed E-state index contributed by atoms with van der Waals surface area (Å²) in [5, 5.41) is 5.78. The highest BCUT2D eigenvalue weighted by molar-refractivity contribution is 6.33. The molecule has 3 rings (SSSR count). The smallest absolute Gasteiger partial charge is 0.253 e. The fraction of sp³-hybridized carbons (Fsp3) is 0.333. The first-order chi connectivity index (χ1) is 13.1. The minimum absolute atomic E-state index is 0.0829. The molecule has 142 valence electrons. The van der Waals surface area contributed by atoms with Crippen LogP contribution in [0.15, 0.2) is 48.5 Å². The summed E-state index contributed by atoms with van der Waals surface area (Å²) in [4.78, 5) is 25.7. The van der Waals surface area contributed by atoms with Crippen molar-refractivity contribution in [2.75, 3.05) is 19.6 Å². The molecule has 0 saturated carbocycles. The maximum Gasteiger partial charge on any atom is 0.253 e. The molecule has 1 heterocycles. The summed E-state index contributed by atoms with van der Waals surface area (Å²) in [6, 6.07) is 15.1. The third kappa shape index (κ3) is 5.81. The molecule has 1 aliphatic heterocycles. The average Bonchev–Trinajstić information content (AvgIpc) is 3.19. The molecule has 0 bridgehead atoms.